The van der Waals surface area contributed by atoms with Gasteiger partial charge in [0.2, 0.25) is 0 Å². The second-order valence-corrected chi connectivity index (χ2v) is 6.51. The Balaban J connectivity index is 1.71. The normalized spacial score (nSPS) is 18.2. The van der Waals surface area contributed by atoms with E-state index >= 15 is 0 Å². The molecule has 2 N–H and O–H groups in total. The van der Waals surface area contributed by atoms with Crippen molar-refractivity contribution in [3.05, 3.63) is 47.8 Å². The Labute approximate surface area is 146 Å². The number of rotatable bonds is 6. The fourth-order valence-electron chi connectivity index (χ4n) is 3.09. The van der Waals surface area contributed by atoms with Gasteiger partial charge in [0.25, 0.3) is 5.91 Å². The molecule has 1 atom stereocenters. The van der Waals surface area contributed by atoms with Gasteiger partial charge in [-0.15, -0.1) is 0 Å². The van der Waals surface area contributed by atoms with Gasteiger partial charge in [0, 0.05) is 32.6 Å². The Kier molecular flexibility index (Phi) is 5.27. The number of amides is 1. The summed E-state index contributed by atoms with van der Waals surface area (Å²) in [6, 6.07) is 5.21. The largest absolute Gasteiger partial charge is 0.468 e. The van der Waals surface area contributed by atoms with Crippen LogP contribution in [-0.2, 0) is 10.3 Å². The van der Waals surface area contributed by atoms with Crippen LogP contribution >= 0.6 is 0 Å². The maximum Gasteiger partial charge on any atom is 0.255 e. The zero-order valence-electron chi connectivity index (χ0n) is 14.5. The van der Waals surface area contributed by atoms with E-state index < -0.39 is 5.60 Å². The van der Waals surface area contributed by atoms with E-state index in [-0.39, 0.29) is 11.9 Å². The van der Waals surface area contributed by atoms with Crippen LogP contribution in [0.25, 0.3) is 0 Å². The predicted molar refractivity (Wildman–Crippen MR) is 90.1 cm³/mol. The topological polar surface area (TPSA) is 88.1 Å². The van der Waals surface area contributed by atoms with Gasteiger partial charge in [-0.3, -0.25) is 9.69 Å². The lowest BCUT2D eigenvalue weighted by molar-refractivity contribution is -0.0804. The molecule has 7 heteroatoms. The van der Waals surface area contributed by atoms with Crippen molar-refractivity contribution in [2.45, 2.75) is 24.5 Å². The van der Waals surface area contributed by atoms with Crippen molar-refractivity contribution in [3.63, 3.8) is 0 Å². The molecule has 1 fully saturated rings. The quantitative estimate of drug-likeness (QED) is 0.829. The molecule has 0 radical (unpaired) electrons. The number of hydrogen-bond acceptors (Lipinski definition) is 6. The predicted octanol–water partition coefficient (Wildman–Crippen LogP) is 1.90. The first-order valence-corrected chi connectivity index (χ1v) is 8.37. The van der Waals surface area contributed by atoms with Crippen molar-refractivity contribution in [1.29, 1.82) is 0 Å². The Morgan fingerprint density at radius 1 is 1.28 bits per heavy atom. The zero-order chi connectivity index (χ0) is 17.9. The Morgan fingerprint density at radius 3 is 2.68 bits per heavy atom. The van der Waals surface area contributed by atoms with Crippen molar-refractivity contribution in [3.8, 4) is 0 Å². The first-order chi connectivity index (χ1) is 12.0. The van der Waals surface area contributed by atoms with Crippen LogP contribution in [0.2, 0.25) is 0 Å². The number of aliphatic hydroxyl groups is 1. The molecular weight excluding hydrogens is 324 g/mol. The highest BCUT2D eigenvalue weighted by Gasteiger charge is 2.38. The monoisotopic (exact) mass is 348 g/mol. The first-order valence-electron chi connectivity index (χ1n) is 8.37. The van der Waals surface area contributed by atoms with Crippen LogP contribution < -0.4 is 5.32 Å². The van der Waals surface area contributed by atoms with E-state index in [2.05, 4.69) is 5.32 Å². The summed E-state index contributed by atoms with van der Waals surface area (Å²) in [5.41, 5.74) is -0.794. The highest BCUT2D eigenvalue weighted by Crippen LogP contribution is 2.34. The summed E-state index contributed by atoms with van der Waals surface area (Å²) in [6.07, 6.45) is 3.87. The number of carbonyl (C=O) groups is 1. The number of nitrogens with zero attached hydrogens (tertiary/aromatic N) is 1. The van der Waals surface area contributed by atoms with Crippen molar-refractivity contribution < 1.29 is 23.5 Å². The summed E-state index contributed by atoms with van der Waals surface area (Å²) in [4.78, 5) is 14.6. The minimum Gasteiger partial charge on any atom is -0.468 e. The summed E-state index contributed by atoms with van der Waals surface area (Å²) in [5.74, 6) is 0.815. The average Bonchev–Trinajstić information content (AvgIpc) is 3.27. The molecular formula is C18H24N2O5. The maximum atomic E-state index is 12.6. The van der Waals surface area contributed by atoms with E-state index in [0.29, 0.717) is 43.9 Å². The lowest BCUT2D eigenvalue weighted by Crippen LogP contribution is -2.37. The van der Waals surface area contributed by atoms with Gasteiger partial charge in [0.1, 0.15) is 17.1 Å². The molecule has 7 nitrogen and oxygen atoms in total. The average molecular weight is 348 g/mol. The van der Waals surface area contributed by atoms with Gasteiger partial charge < -0.3 is 24.0 Å². The molecule has 0 spiro atoms. The van der Waals surface area contributed by atoms with E-state index in [0.717, 1.165) is 5.76 Å². The molecule has 0 bridgehead atoms. The lowest BCUT2D eigenvalue weighted by atomic mass is 9.89. The van der Waals surface area contributed by atoms with Crippen LogP contribution in [-0.4, -0.2) is 49.8 Å². The second-order valence-electron chi connectivity index (χ2n) is 6.51. The van der Waals surface area contributed by atoms with Crippen LogP contribution in [0.1, 0.15) is 40.8 Å². The van der Waals surface area contributed by atoms with E-state index in [1.54, 1.807) is 12.3 Å². The summed E-state index contributed by atoms with van der Waals surface area (Å²) in [7, 11) is 3.85. The Morgan fingerprint density at radius 2 is 2.04 bits per heavy atom. The molecule has 136 valence electrons. The summed E-state index contributed by atoms with van der Waals surface area (Å²) in [5, 5.41) is 13.7. The second kappa shape index (κ2) is 7.43. The summed E-state index contributed by atoms with van der Waals surface area (Å²) in [6.45, 7) is 1.27. The lowest BCUT2D eigenvalue weighted by Gasteiger charge is -2.30. The molecule has 2 aromatic rings. The van der Waals surface area contributed by atoms with Crippen LogP contribution in [0.5, 0.6) is 0 Å². The van der Waals surface area contributed by atoms with Crippen LogP contribution in [0.3, 0.4) is 0 Å². The SMILES string of the molecule is CN(C)C(CNC(=O)c1ccoc1C1(O)CCOCC1)c1ccco1. The van der Waals surface area contributed by atoms with Gasteiger partial charge >= 0.3 is 0 Å². The van der Waals surface area contributed by atoms with Crippen LogP contribution in [0, 0.1) is 0 Å². The smallest absolute Gasteiger partial charge is 0.255 e. The molecule has 1 unspecified atom stereocenters. The standard InChI is InChI=1S/C18H24N2O5/c1-20(2)14(15-4-3-8-24-15)12-19-17(21)13-5-9-25-16(13)18(22)6-10-23-11-7-18/h3-5,8-9,14,22H,6-7,10-12H2,1-2H3,(H,19,21). The maximum absolute atomic E-state index is 12.6. The molecule has 0 aromatic carbocycles. The highest BCUT2D eigenvalue weighted by molar-refractivity contribution is 5.95. The highest BCUT2D eigenvalue weighted by atomic mass is 16.5. The van der Waals surface area contributed by atoms with Gasteiger partial charge in [-0.1, -0.05) is 0 Å². The summed E-state index contributed by atoms with van der Waals surface area (Å²) >= 11 is 0. The fraction of sp³-hybridized carbons (Fsp3) is 0.500. The molecule has 1 saturated heterocycles. The van der Waals surface area contributed by atoms with E-state index in [4.69, 9.17) is 13.6 Å². The van der Waals surface area contributed by atoms with E-state index in [1.165, 1.54) is 6.26 Å². The molecule has 3 heterocycles. The van der Waals surface area contributed by atoms with E-state index in [9.17, 15) is 9.90 Å². The van der Waals surface area contributed by atoms with Crippen molar-refractivity contribution in [2.75, 3.05) is 33.9 Å². The van der Waals surface area contributed by atoms with E-state index in [1.807, 2.05) is 31.1 Å². The molecule has 1 aliphatic heterocycles. The minimum absolute atomic E-state index is 0.0829. The first kappa shape index (κ1) is 17.7. The number of ether oxygens (including phenoxy) is 1. The number of nitrogens with one attached hydrogen (secondary N) is 1. The summed E-state index contributed by atoms with van der Waals surface area (Å²) < 4.78 is 16.2. The van der Waals surface area contributed by atoms with Gasteiger partial charge in [-0.2, -0.15) is 0 Å². The third kappa shape index (κ3) is 3.78. The molecule has 1 amide bonds. The van der Waals surface area contributed by atoms with Gasteiger partial charge in [-0.05, 0) is 32.3 Å². The number of carbonyl (C=O) groups excluding carboxylic acids is 1. The molecule has 1 aliphatic rings. The third-order valence-corrected chi connectivity index (χ3v) is 4.60. The number of hydrogen-bond donors (Lipinski definition) is 2. The van der Waals surface area contributed by atoms with Gasteiger partial charge in [0.05, 0.1) is 24.1 Å². The van der Waals surface area contributed by atoms with Crippen LogP contribution in [0.15, 0.2) is 39.6 Å². The Hall–Kier alpha value is -2.09. The van der Waals surface area contributed by atoms with Gasteiger partial charge in [0.15, 0.2) is 0 Å². The van der Waals surface area contributed by atoms with Crippen molar-refractivity contribution >= 4 is 5.91 Å². The number of likely N-dealkylation sites (N-methyl/N-ethyl adjacent to an activating group) is 1. The van der Waals surface area contributed by atoms with Crippen molar-refractivity contribution in [2.24, 2.45) is 0 Å². The zero-order valence-corrected chi connectivity index (χ0v) is 14.5. The van der Waals surface area contributed by atoms with Crippen molar-refractivity contribution in [1.82, 2.24) is 10.2 Å². The molecule has 0 saturated carbocycles. The number of furan rings is 2. The fourth-order valence-corrected chi connectivity index (χ4v) is 3.09. The third-order valence-electron chi connectivity index (χ3n) is 4.60. The van der Waals surface area contributed by atoms with Gasteiger partial charge in [-0.25, -0.2) is 0 Å². The molecule has 25 heavy (non-hydrogen) atoms. The molecule has 3 rings (SSSR count). The minimum atomic E-state index is -1.16. The van der Waals surface area contributed by atoms with Crippen LogP contribution in [0.4, 0.5) is 0 Å². The Bertz CT molecular complexity index is 686. The molecule has 0 aliphatic carbocycles. The molecule has 2 aromatic heterocycles.